The largest absolute Gasteiger partial charge is 0.326 e. The van der Waals surface area contributed by atoms with Gasteiger partial charge in [-0.2, -0.15) is 0 Å². The van der Waals surface area contributed by atoms with Gasteiger partial charge in [0.2, 0.25) is 11.8 Å². The molecule has 0 aromatic heterocycles. The third kappa shape index (κ3) is 8.38. The Hall–Kier alpha value is -2.62. The highest BCUT2D eigenvalue weighted by Crippen LogP contribution is 2.21. The number of amides is 2. The Balaban J connectivity index is 2.55. The van der Waals surface area contributed by atoms with E-state index >= 15 is 0 Å². The quantitative estimate of drug-likeness (QED) is 0.621. The van der Waals surface area contributed by atoms with Gasteiger partial charge < -0.3 is 10.6 Å². The van der Waals surface area contributed by atoms with Crippen LogP contribution in [0.25, 0.3) is 0 Å². The average Bonchev–Trinajstić information content (AvgIpc) is 2.57. The van der Waals surface area contributed by atoms with E-state index < -0.39 is 10.8 Å². The maximum atomic E-state index is 12.2. The first-order valence-corrected chi connectivity index (χ1v) is 9.64. The van der Waals surface area contributed by atoms with Gasteiger partial charge in [0.05, 0.1) is 0 Å². The van der Waals surface area contributed by atoms with Gasteiger partial charge in [0.25, 0.3) is 0 Å². The number of aryl methyl sites for hydroxylation is 1. The van der Waals surface area contributed by atoms with Gasteiger partial charge in [-0.15, -0.1) is 0 Å². The number of hydrogen-bond donors (Lipinski definition) is 2. The van der Waals surface area contributed by atoms with E-state index in [0.717, 1.165) is 24.1 Å². The summed E-state index contributed by atoms with van der Waals surface area (Å²) in [6.45, 7) is 15.1. The molecule has 0 aliphatic carbocycles. The molecule has 4 nitrogen and oxygen atoms in total. The molecule has 1 aromatic rings. The summed E-state index contributed by atoms with van der Waals surface area (Å²) in [6.07, 6.45) is 9.29. The summed E-state index contributed by atoms with van der Waals surface area (Å²) in [7, 11) is 0. The van der Waals surface area contributed by atoms with Crippen molar-refractivity contribution in [1.29, 1.82) is 0 Å². The van der Waals surface area contributed by atoms with Gasteiger partial charge in [-0.25, -0.2) is 0 Å². The monoisotopic (exact) mass is 382 g/mol. The maximum Gasteiger partial charge on any atom is 0.229 e. The molecular formula is C24H34N2O2. The summed E-state index contributed by atoms with van der Waals surface area (Å²) < 4.78 is 0. The minimum absolute atomic E-state index is 0.00856. The molecule has 0 aliphatic rings. The lowest BCUT2D eigenvalue weighted by molar-refractivity contribution is -0.127. The summed E-state index contributed by atoms with van der Waals surface area (Å²) in [5, 5.41) is 5.80. The molecule has 0 bridgehead atoms. The normalized spacial score (nSPS) is 12.4. The molecule has 0 spiro atoms. The first kappa shape index (κ1) is 23.4. The lowest BCUT2D eigenvalue weighted by atomic mass is 9.95. The molecule has 0 fully saturated rings. The smallest absolute Gasteiger partial charge is 0.229 e. The summed E-state index contributed by atoms with van der Waals surface area (Å²) in [6, 6.07) is 7.88. The van der Waals surface area contributed by atoms with Crippen molar-refractivity contribution >= 4 is 17.5 Å². The Kier molecular flexibility index (Phi) is 8.42. The van der Waals surface area contributed by atoms with E-state index in [4.69, 9.17) is 0 Å². The highest BCUT2D eigenvalue weighted by atomic mass is 16.2. The second kappa shape index (κ2) is 10.1. The van der Waals surface area contributed by atoms with Crippen LogP contribution in [0.4, 0.5) is 5.69 Å². The topological polar surface area (TPSA) is 58.2 Å². The summed E-state index contributed by atoms with van der Waals surface area (Å²) in [5.74, 6) is -0.0470. The van der Waals surface area contributed by atoms with Gasteiger partial charge >= 0.3 is 0 Å². The molecular weight excluding hydrogens is 348 g/mol. The van der Waals surface area contributed by atoms with Crippen molar-refractivity contribution < 1.29 is 9.59 Å². The van der Waals surface area contributed by atoms with Crippen LogP contribution in [0.2, 0.25) is 0 Å². The number of anilines is 1. The molecule has 0 saturated carbocycles. The van der Waals surface area contributed by atoms with Crippen LogP contribution < -0.4 is 10.6 Å². The second-order valence-electron chi connectivity index (χ2n) is 8.92. The van der Waals surface area contributed by atoms with Crippen LogP contribution in [0.1, 0.15) is 53.5 Å². The third-order valence-corrected chi connectivity index (χ3v) is 4.03. The van der Waals surface area contributed by atoms with Gasteiger partial charge in [0, 0.05) is 22.2 Å². The van der Waals surface area contributed by atoms with E-state index in [2.05, 4.69) is 23.3 Å². The number of allylic oxidation sites excluding steroid dienone is 4. The SMILES string of the molecule is C=C(/C=C\C=C/CCc1ccccc1NC(=O)C(C)(C)C)NC(=O)C(C)(C)C. The van der Waals surface area contributed by atoms with Crippen LogP contribution in [-0.4, -0.2) is 11.8 Å². The van der Waals surface area contributed by atoms with Crippen LogP contribution in [0.5, 0.6) is 0 Å². The van der Waals surface area contributed by atoms with E-state index in [1.807, 2.05) is 78.0 Å². The molecule has 2 amide bonds. The van der Waals surface area contributed by atoms with E-state index in [1.54, 1.807) is 6.08 Å². The fourth-order valence-corrected chi connectivity index (χ4v) is 2.13. The van der Waals surface area contributed by atoms with E-state index in [0.29, 0.717) is 5.70 Å². The maximum absolute atomic E-state index is 12.2. The van der Waals surface area contributed by atoms with Crippen molar-refractivity contribution in [3.8, 4) is 0 Å². The van der Waals surface area contributed by atoms with Crippen molar-refractivity contribution in [2.24, 2.45) is 10.8 Å². The zero-order valence-corrected chi connectivity index (χ0v) is 18.1. The number of para-hydroxylation sites is 1. The van der Waals surface area contributed by atoms with Crippen LogP contribution >= 0.6 is 0 Å². The van der Waals surface area contributed by atoms with E-state index in [1.165, 1.54) is 0 Å². The molecule has 0 heterocycles. The van der Waals surface area contributed by atoms with Crippen LogP contribution in [0, 0.1) is 10.8 Å². The van der Waals surface area contributed by atoms with Crippen molar-refractivity contribution in [1.82, 2.24) is 5.32 Å². The van der Waals surface area contributed by atoms with Crippen molar-refractivity contribution in [2.75, 3.05) is 5.32 Å². The highest BCUT2D eigenvalue weighted by Gasteiger charge is 2.22. The number of carbonyl (C=O) groups is 2. The van der Waals surface area contributed by atoms with Gasteiger partial charge in [-0.1, -0.05) is 84.5 Å². The Labute approximate surface area is 169 Å². The van der Waals surface area contributed by atoms with Gasteiger partial charge in [-0.05, 0) is 30.5 Å². The van der Waals surface area contributed by atoms with Crippen LogP contribution in [0.15, 0.2) is 60.8 Å². The molecule has 0 radical (unpaired) electrons. The average molecular weight is 383 g/mol. The summed E-state index contributed by atoms with van der Waals surface area (Å²) >= 11 is 0. The van der Waals surface area contributed by atoms with Crippen LogP contribution in [-0.2, 0) is 16.0 Å². The standard InChI is InChI=1S/C24H34N2O2/c1-18(25-21(27)23(2,3)4)14-10-8-9-11-15-19-16-12-13-17-20(19)26-22(28)24(5,6)7/h8-10,12-14,16-17H,1,11,15H2,2-7H3,(H,25,27)(H,26,28)/b9-8-,14-10-. The third-order valence-electron chi connectivity index (χ3n) is 4.03. The van der Waals surface area contributed by atoms with Crippen molar-refractivity contribution in [3.05, 3.63) is 66.4 Å². The number of hydrogen-bond acceptors (Lipinski definition) is 2. The molecule has 2 N–H and O–H groups in total. The molecule has 0 atom stereocenters. The molecule has 152 valence electrons. The molecule has 1 aromatic carbocycles. The van der Waals surface area contributed by atoms with Gasteiger partial charge in [-0.3, -0.25) is 9.59 Å². The fourth-order valence-electron chi connectivity index (χ4n) is 2.13. The zero-order chi connectivity index (χ0) is 21.4. The molecule has 0 aliphatic heterocycles. The van der Waals surface area contributed by atoms with Crippen LogP contribution in [0.3, 0.4) is 0 Å². The molecule has 0 unspecified atom stereocenters. The Morgan fingerprint density at radius 3 is 2.18 bits per heavy atom. The first-order valence-electron chi connectivity index (χ1n) is 9.64. The van der Waals surface area contributed by atoms with E-state index in [-0.39, 0.29) is 11.8 Å². The highest BCUT2D eigenvalue weighted by molar-refractivity contribution is 5.95. The predicted octanol–water partition coefficient (Wildman–Crippen LogP) is 5.39. The first-order chi connectivity index (χ1) is 12.9. The van der Waals surface area contributed by atoms with Crippen molar-refractivity contribution in [2.45, 2.75) is 54.4 Å². The van der Waals surface area contributed by atoms with E-state index in [9.17, 15) is 9.59 Å². The fraction of sp³-hybridized carbons (Fsp3) is 0.417. The molecule has 0 saturated heterocycles. The number of benzene rings is 1. The second-order valence-corrected chi connectivity index (χ2v) is 8.92. The number of rotatable bonds is 7. The molecule has 4 heteroatoms. The molecule has 28 heavy (non-hydrogen) atoms. The number of carbonyl (C=O) groups excluding carboxylic acids is 2. The lowest BCUT2D eigenvalue weighted by Gasteiger charge is -2.19. The Morgan fingerprint density at radius 2 is 1.57 bits per heavy atom. The molecule has 1 rings (SSSR count). The minimum Gasteiger partial charge on any atom is -0.326 e. The lowest BCUT2D eigenvalue weighted by Crippen LogP contribution is -2.33. The minimum atomic E-state index is -0.442. The summed E-state index contributed by atoms with van der Waals surface area (Å²) in [5.41, 5.74) is 1.67. The zero-order valence-electron chi connectivity index (χ0n) is 18.1. The Bertz CT molecular complexity index is 760. The predicted molar refractivity (Wildman–Crippen MR) is 118 cm³/mol. The summed E-state index contributed by atoms with van der Waals surface area (Å²) in [4.78, 5) is 24.1. The number of nitrogens with one attached hydrogen (secondary N) is 2. The van der Waals surface area contributed by atoms with Gasteiger partial charge in [0.1, 0.15) is 0 Å². The van der Waals surface area contributed by atoms with Crippen molar-refractivity contribution in [3.63, 3.8) is 0 Å². The van der Waals surface area contributed by atoms with Gasteiger partial charge in [0.15, 0.2) is 0 Å². The Morgan fingerprint density at radius 1 is 0.964 bits per heavy atom.